The van der Waals surface area contributed by atoms with Crippen molar-refractivity contribution in [3.63, 3.8) is 0 Å². The minimum atomic E-state index is -0.446. The number of hydrogen-bond donors (Lipinski definition) is 0. The van der Waals surface area contributed by atoms with Gasteiger partial charge in [-0.15, -0.1) is 11.6 Å². The van der Waals surface area contributed by atoms with Crippen molar-refractivity contribution < 1.29 is 9.13 Å². The van der Waals surface area contributed by atoms with E-state index in [4.69, 9.17) is 16.3 Å². The van der Waals surface area contributed by atoms with Crippen LogP contribution in [0, 0.1) is 5.82 Å². The SMILES string of the molecule is COCC(Cl)c1ncc(-c2ccc(F)cc2)c(-c2ccncc2)n1. The van der Waals surface area contributed by atoms with Crippen LogP contribution in [-0.4, -0.2) is 28.7 Å². The average Bonchev–Trinajstić information content (AvgIpc) is 2.63. The first-order chi connectivity index (χ1) is 11.7. The van der Waals surface area contributed by atoms with Crippen LogP contribution in [-0.2, 0) is 4.74 Å². The van der Waals surface area contributed by atoms with Crippen LogP contribution in [0.3, 0.4) is 0 Å². The van der Waals surface area contributed by atoms with Gasteiger partial charge in [-0.1, -0.05) is 12.1 Å². The molecule has 0 saturated carbocycles. The van der Waals surface area contributed by atoms with Crippen molar-refractivity contribution in [2.24, 2.45) is 0 Å². The predicted octanol–water partition coefficient (Wildman–Crippen LogP) is 4.27. The van der Waals surface area contributed by atoms with E-state index in [1.54, 1.807) is 37.8 Å². The lowest BCUT2D eigenvalue weighted by atomic mass is 10.0. The van der Waals surface area contributed by atoms with Crippen molar-refractivity contribution in [2.75, 3.05) is 13.7 Å². The van der Waals surface area contributed by atoms with Gasteiger partial charge in [-0.3, -0.25) is 4.98 Å². The summed E-state index contributed by atoms with van der Waals surface area (Å²) < 4.78 is 18.3. The third-order valence-electron chi connectivity index (χ3n) is 3.51. The second kappa shape index (κ2) is 7.47. The first-order valence-electron chi connectivity index (χ1n) is 7.35. The number of alkyl halides is 1. The third kappa shape index (κ3) is 3.58. The van der Waals surface area contributed by atoms with E-state index in [1.165, 1.54) is 12.1 Å². The highest BCUT2D eigenvalue weighted by molar-refractivity contribution is 6.20. The summed E-state index contributed by atoms with van der Waals surface area (Å²) in [6, 6.07) is 9.94. The summed E-state index contributed by atoms with van der Waals surface area (Å²) in [5.41, 5.74) is 3.23. The van der Waals surface area contributed by atoms with Gasteiger partial charge in [0.05, 0.1) is 12.3 Å². The molecule has 0 aliphatic rings. The van der Waals surface area contributed by atoms with Crippen LogP contribution in [0.4, 0.5) is 4.39 Å². The fourth-order valence-corrected chi connectivity index (χ4v) is 2.57. The van der Waals surface area contributed by atoms with Crippen molar-refractivity contribution >= 4 is 11.6 Å². The number of benzene rings is 1. The molecule has 0 bridgehead atoms. The Kier molecular flexibility index (Phi) is 5.13. The maximum absolute atomic E-state index is 13.2. The van der Waals surface area contributed by atoms with E-state index in [1.807, 2.05) is 12.1 Å². The summed E-state index contributed by atoms with van der Waals surface area (Å²) in [4.78, 5) is 13.0. The quantitative estimate of drug-likeness (QED) is 0.649. The van der Waals surface area contributed by atoms with Gasteiger partial charge in [0.25, 0.3) is 0 Å². The van der Waals surface area contributed by atoms with Crippen molar-refractivity contribution in [1.29, 1.82) is 0 Å². The molecule has 1 unspecified atom stereocenters. The highest BCUT2D eigenvalue weighted by Gasteiger charge is 2.16. The van der Waals surface area contributed by atoms with E-state index < -0.39 is 5.38 Å². The zero-order valence-corrected chi connectivity index (χ0v) is 13.7. The first-order valence-corrected chi connectivity index (χ1v) is 7.79. The topological polar surface area (TPSA) is 47.9 Å². The Morgan fingerprint density at radius 3 is 2.46 bits per heavy atom. The highest BCUT2D eigenvalue weighted by Crippen LogP contribution is 2.31. The largest absolute Gasteiger partial charge is 0.383 e. The Hall–Kier alpha value is -2.37. The van der Waals surface area contributed by atoms with Crippen LogP contribution in [0.15, 0.2) is 55.0 Å². The zero-order chi connectivity index (χ0) is 16.9. The number of hydrogen-bond acceptors (Lipinski definition) is 4. The molecule has 3 aromatic rings. The number of pyridine rings is 1. The molecule has 24 heavy (non-hydrogen) atoms. The monoisotopic (exact) mass is 343 g/mol. The lowest BCUT2D eigenvalue weighted by molar-refractivity contribution is 0.196. The van der Waals surface area contributed by atoms with Gasteiger partial charge < -0.3 is 4.74 Å². The molecular weight excluding hydrogens is 329 g/mol. The summed E-state index contributed by atoms with van der Waals surface area (Å²) in [6.45, 7) is 0.313. The molecule has 0 aliphatic carbocycles. The van der Waals surface area contributed by atoms with E-state index in [2.05, 4.69) is 15.0 Å². The lowest BCUT2D eigenvalue weighted by Gasteiger charge is -2.13. The summed E-state index contributed by atoms with van der Waals surface area (Å²) in [5.74, 6) is 0.193. The van der Waals surface area contributed by atoms with Gasteiger partial charge in [-0.25, -0.2) is 14.4 Å². The van der Waals surface area contributed by atoms with E-state index in [0.717, 1.165) is 22.4 Å². The second-order valence-electron chi connectivity index (χ2n) is 5.16. The maximum atomic E-state index is 13.2. The Morgan fingerprint density at radius 1 is 1.08 bits per heavy atom. The van der Waals surface area contributed by atoms with Crippen LogP contribution < -0.4 is 0 Å². The predicted molar refractivity (Wildman–Crippen MR) is 91.1 cm³/mol. The molecule has 0 radical (unpaired) electrons. The number of rotatable bonds is 5. The Bertz CT molecular complexity index is 812. The van der Waals surface area contributed by atoms with Gasteiger partial charge in [0.2, 0.25) is 0 Å². The number of halogens is 2. The molecule has 0 spiro atoms. The van der Waals surface area contributed by atoms with Crippen molar-refractivity contribution in [3.05, 3.63) is 66.6 Å². The molecule has 1 aromatic carbocycles. The first kappa shape index (κ1) is 16.5. The minimum absolute atomic E-state index is 0.289. The average molecular weight is 344 g/mol. The van der Waals surface area contributed by atoms with Crippen LogP contribution in [0.1, 0.15) is 11.2 Å². The fraction of sp³-hybridized carbons (Fsp3) is 0.167. The van der Waals surface area contributed by atoms with E-state index in [-0.39, 0.29) is 5.82 Å². The summed E-state index contributed by atoms with van der Waals surface area (Å²) >= 11 is 6.27. The molecule has 2 heterocycles. The molecule has 3 rings (SSSR count). The fourth-order valence-electron chi connectivity index (χ4n) is 2.34. The molecule has 0 saturated heterocycles. The van der Waals surface area contributed by atoms with Crippen LogP contribution in [0.25, 0.3) is 22.4 Å². The van der Waals surface area contributed by atoms with Gasteiger partial charge in [0, 0.05) is 36.8 Å². The Labute approximate surface area is 144 Å². The number of aromatic nitrogens is 3. The van der Waals surface area contributed by atoms with Gasteiger partial charge in [-0.05, 0) is 29.8 Å². The number of nitrogens with zero attached hydrogens (tertiary/aromatic N) is 3. The van der Waals surface area contributed by atoms with Gasteiger partial charge >= 0.3 is 0 Å². The van der Waals surface area contributed by atoms with Crippen molar-refractivity contribution in [3.8, 4) is 22.4 Å². The minimum Gasteiger partial charge on any atom is -0.383 e. The molecular formula is C18H15ClFN3O. The lowest BCUT2D eigenvalue weighted by Crippen LogP contribution is -2.06. The zero-order valence-electron chi connectivity index (χ0n) is 13.0. The molecule has 0 amide bonds. The van der Waals surface area contributed by atoms with Crippen LogP contribution in [0.5, 0.6) is 0 Å². The Morgan fingerprint density at radius 2 is 1.79 bits per heavy atom. The molecule has 0 aliphatic heterocycles. The van der Waals surface area contributed by atoms with Gasteiger partial charge in [0.15, 0.2) is 0 Å². The van der Waals surface area contributed by atoms with Crippen molar-refractivity contribution in [2.45, 2.75) is 5.38 Å². The molecule has 6 heteroatoms. The van der Waals surface area contributed by atoms with Crippen molar-refractivity contribution in [1.82, 2.24) is 15.0 Å². The van der Waals surface area contributed by atoms with E-state index in [9.17, 15) is 4.39 Å². The molecule has 0 fully saturated rings. The summed E-state index contributed by atoms with van der Waals surface area (Å²) in [7, 11) is 1.58. The maximum Gasteiger partial charge on any atom is 0.149 e. The normalized spacial score (nSPS) is 12.1. The second-order valence-corrected chi connectivity index (χ2v) is 5.68. The summed E-state index contributed by atoms with van der Waals surface area (Å²) in [6.07, 6.45) is 5.09. The van der Waals surface area contributed by atoms with E-state index >= 15 is 0 Å². The van der Waals surface area contributed by atoms with Crippen LogP contribution >= 0.6 is 11.6 Å². The molecule has 0 N–H and O–H groups in total. The smallest absolute Gasteiger partial charge is 0.149 e. The summed E-state index contributed by atoms with van der Waals surface area (Å²) in [5, 5.41) is -0.446. The van der Waals surface area contributed by atoms with Gasteiger partial charge in [0.1, 0.15) is 17.0 Å². The van der Waals surface area contributed by atoms with E-state index in [0.29, 0.717) is 12.4 Å². The third-order valence-corrected chi connectivity index (χ3v) is 3.83. The number of ether oxygens (including phenoxy) is 1. The molecule has 1 atom stereocenters. The molecule has 4 nitrogen and oxygen atoms in total. The Balaban J connectivity index is 2.12. The van der Waals surface area contributed by atoms with Gasteiger partial charge in [-0.2, -0.15) is 0 Å². The standard InChI is InChI=1S/C18H15ClFN3O/c1-24-11-16(19)18-22-10-15(12-2-4-14(20)5-3-12)17(23-18)13-6-8-21-9-7-13/h2-10,16H,11H2,1H3. The molecule has 2 aromatic heterocycles. The number of methoxy groups -OCH3 is 1. The van der Waals surface area contributed by atoms with Crippen LogP contribution in [0.2, 0.25) is 0 Å². The highest BCUT2D eigenvalue weighted by atomic mass is 35.5. The molecule has 122 valence electrons.